The van der Waals surface area contributed by atoms with Gasteiger partial charge in [-0.3, -0.25) is 0 Å². The summed E-state index contributed by atoms with van der Waals surface area (Å²) >= 11 is 0. The van der Waals surface area contributed by atoms with Crippen molar-refractivity contribution >= 4 is 5.95 Å². The molecule has 1 aliphatic heterocycles. The van der Waals surface area contributed by atoms with Crippen molar-refractivity contribution < 1.29 is 0 Å². The smallest absolute Gasteiger partial charge is 0.221 e. The summed E-state index contributed by atoms with van der Waals surface area (Å²) in [6.45, 7) is 4.15. The number of nitrogens with one attached hydrogen (secondary N) is 1. The molecule has 1 aromatic heterocycles. The number of hydrogen-bond acceptors (Lipinski definition) is 4. The van der Waals surface area contributed by atoms with Gasteiger partial charge in [0.25, 0.3) is 0 Å². The molecule has 1 unspecified atom stereocenters. The van der Waals surface area contributed by atoms with E-state index in [1.54, 1.807) is 6.33 Å². The molecule has 0 saturated carbocycles. The van der Waals surface area contributed by atoms with Gasteiger partial charge in [-0.25, -0.2) is 5.10 Å². The summed E-state index contributed by atoms with van der Waals surface area (Å²) in [4.78, 5) is 6.37. The summed E-state index contributed by atoms with van der Waals surface area (Å²) in [6.07, 6.45) is 3.85. The SMILES string of the molecule is CC(N)C1CCN(c2ncn[nH]2)CC1. The number of anilines is 1. The second-order valence-electron chi connectivity index (χ2n) is 3.99. The van der Waals surface area contributed by atoms with Crippen LogP contribution in [0.5, 0.6) is 0 Å². The average molecular weight is 195 g/mol. The third-order valence-corrected chi connectivity index (χ3v) is 2.99. The minimum Gasteiger partial charge on any atom is -0.341 e. The summed E-state index contributed by atoms with van der Waals surface area (Å²) in [5.74, 6) is 1.54. The second kappa shape index (κ2) is 3.96. The van der Waals surface area contributed by atoms with Crippen molar-refractivity contribution in [1.82, 2.24) is 15.2 Å². The molecular weight excluding hydrogens is 178 g/mol. The van der Waals surface area contributed by atoms with Gasteiger partial charge in [0.05, 0.1) is 0 Å². The molecule has 0 aromatic carbocycles. The topological polar surface area (TPSA) is 70.8 Å². The van der Waals surface area contributed by atoms with Crippen LogP contribution in [-0.2, 0) is 0 Å². The molecule has 78 valence electrons. The van der Waals surface area contributed by atoms with Gasteiger partial charge in [0, 0.05) is 19.1 Å². The first-order chi connectivity index (χ1) is 6.77. The van der Waals surface area contributed by atoms with Gasteiger partial charge in [-0.05, 0) is 25.7 Å². The van der Waals surface area contributed by atoms with Crippen molar-refractivity contribution in [3.63, 3.8) is 0 Å². The molecule has 1 aliphatic rings. The highest BCUT2D eigenvalue weighted by Gasteiger charge is 2.22. The van der Waals surface area contributed by atoms with E-state index in [0.29, 0.717) is 12.0 Å². The average Bonchev–Trinajstić information content (AvgIpc) is 2.71. The lowest BCUT2D eigenvalue weighted by molar-refractivity contribution is 0.352. The van der Waals surface area contributed by atoms with E-state index in [9.17, 15) is 0 Å². The molecule has 14 heavy (non-hydrogen) atoms. The number of H-pyrrole nitrogens is 1. The van der Waals surface area contributed by atoms with E-state index < -0.39 is 0 Å². The molecule has 5 heteroatoms. The molecule has 0 aliphatic carbocycles. The molecule has 1 aromatic rings. The highest BCUT2D eigenvalue weighted by atomic mass is 15.3. The number of rotatable bonds is 2. The Hall–Kier alpha value is -1.10. The minimum absolute atomic E-state index is 0.312. The van der Waals surface area contributed by atoms with E-state index in [-0.39, 0.29) is 0 Å². The Labute approximate surface area is 83.7 Å². The zero-order chi connectivity index (χ0) is 9.97. The first kappa shape index (κ1) is 9.45. The van der Waals surface area contributed by atoms with Crippen LogP contribution in [0.15, 0.2) is 6.33 Å². The van der Waals surface area contributed by atoms with Gasteiger partial charge in [-0.1, -0.05) is 0 Å². The first-order valence-corrected chi connectivity index (χ1v) is 5.13. The van der Waals surface area contributed by atoms with Crippen molar-refractivity contribution in [3.05, 3.63) is 6.33 Å². The summed E-state index contributed by atoms with van der Waals surface area (Å²) in [5, 5.41) is 6.73. The summed E-state index contributed by atoms with van der Waals surface area (Å²) in [7, 11) is 0. The largest absolute Gasteiger partial charge is 0.341 e. The van der Waals surface area contributed by atoms with Gasteiger partial charge in [-0.15, -0.1) is 0 Å². The maximum Gasteiger partial charge on any atom is 0.221 e. The molecule has 1 fully saturated rings. The third-order valence-electron chi connectivity index (χ3n) is 2.99. The van der Waals surface area contributed by atoms with Gasteiger partial charge >= 0.3 is 0 Å². The molecule has 2 heterocycles. The van der Waals surface area contributed by atoms with Crippen LogP contribution >= 0.6 is 0 Å². The van der Waals surface area contributed by atoms with Gasteiger partial charge in [0.1, 0.15) is 6.33 Å². The lowest BCUT2D eigenvalue weighted by Gasteiger charge is -2.33. The lowest BCUT2D eigenvalue weighted by Crippen LogP contribution is -2.40. The second-order valence-corrected chi connectivity index (χ2v) is 3.99. The van der Waals surface area contributed by atoms with E-state index in [2.05, 4.69) is 27.0 Å². The van der Waals surface area contributed by atoms with Gasteiger partial charge in [-0.2, -0.15) is 10.1 Å². The lowest BCUT2D eigenvalue weighted by atomic mass is 9.91. The number of hydrogen-bond donors (Lipinski definition) is 2. The van der Waals surface area contributed by atoms with E-state index in [1.807, 2.05) is 0 Å². The molecule has 0 spiro atoms. The fraction of sp³-hybridized carbons (Fsp3) is 0.778. The Morgan fingerprint density at radius 1 is 1.57 bits per heavy atom. The van der Waals surface area contributed by atoms with Gasteiger partial charge < -0.3 is 10.6 Å². The van der Waals surface area contributed by atoms with Crippen LogP contribution in [-0.4, -0.2) is 34.3 Å². The molecule has 1 atom stereocenters. The van der Waals surface area contributed by atoms with Crippen molar-refractivity contribution in [2.75, 3.05) is 18.0 Å². The molecular formula is C9H17N5. The fourth-order valence-electron chi connectivity index (χ4n) is 1.99. The predicted octanol–water partition coefficient (Wildman–Crippen LogP) is 0.368. The maximum absolute atomic E-state index is 5.88. The predicted molar refractivity (Wildman–Crippen MR) is 55.0 cm³/mol. The normalized spacial score (nSPS) is 21.1. The first-order valence-electron chi connectivity index (χ1n) is 5.13. The molecule has 1 saturated heterocycles. The van der Waals surface area contributed by atoms with Crippen molar-refractivity contribution in [1.29, 1.82) is 0 Å². The summed E-state index contributed by atoms with van der Waals surface area (Å²) in [6, 6.07) is 0.312. The number of nitrogens with two attached hydrogens (primary N) is 1. The highest BCUT2D eigenvalue weighted by molar-refractivity contribution is 5.27. The van der Waals surface area contributed by atoms with Crippen molar-refractivity contribution in [2.45, 2.75) is 25.8 Å². The number of aromatic nitrogens is 3. The van der Waals surface area contributed by atoms with Crippen LogP contribution in [0.1, 0.15) is 19.8 Å². The third kappa shape index (κ3) is 1.87. The molecule has 5 nitrogen and oxygen atoms in total. The fourth-order valence-corrected chi connectivity index (χ4v) is 1.99. The van der Waals surface area contributed by atoms with E-state index in [1.165, 1.54) is 0 Å². The Balaban J connectivity index is 1.90. The van der Waals surface area contributed by atoms with E-state index in [4.69, 9.17) is 5.73 Å². The molecule has 2 rings (SSSR count). The van der Waals surface area contributed by atoms with Crippen molar-refractivity contribution in [3.8, 4) is 0 Å². The monoisotopic (exact) mass is 195 g/mol. The van der Waals surface area contributed by atoms with Crippen LogP contribution in [0.2, 0.25) is 0 Å². The number of aromatic amines is 1. The van der Waals surface area contributed by atoms with E-state index in [0.717, 1.165) is 31.9 Å². The Bertz CT molecular complexity index is 261. The number of piperidine rings is 1. The summed E-state index contributed by atoms with van der Waals surface area (Å²) < 4.78 is 0. The van der Waals surface area contributed by atoms with Gasteiger partial charge in [0.15, 0.2) is 0 Å². The zero-order valence-electron chi connectivity index (χ0n) is 8.48. The van der Waals surface area contributed by atoms with Crippen LogP contribution in [0.3, 0.4) is 0 Å². The van der Waals surface area contributed by atoms with E-state index >= 15 is 0 Å². The quantitative estimate of drug-likeness (QED) is 0.715. The van der Waals surface area contributed by atoms with Crippen molar-refractivity contribution in [2.24, 2.45) is 11.7 Å². The molecule has 0 bridgehead atoms. The Morgan fingerprint density at radius 3 is 2.79 bits per heavy atom. The Morgan fingerprint density at radius 2 is 2.29 bits per heavy atom. The molecule has 0 radical (unpaired) electrons. The summed E-state index contributed by atoms with van der Waals surface area (Å²) in [5.41, 5.74) is 5.88. The number of nitrogens with zero attached hydrogens (tertiary/aromatic N) is 3. The Kier molecular flexibility index (Phi) is 2.67. The van der Waals surface area contributed by atoms with Crippen LogP contribution in [0.25, 0.3) is 0 Å². The van der Waals surface area contributed by atoms with Crippen LogP contribution < -0.4 is 10.6 Å². The van der Waals surface area contributed by atoms with Gasteiger partial charge in [0.2, 0.25) is 5.95 Å². The van der Waals surface area contributed by atoms with Crippen LogP contribution in [0, 0.1) is 5.92 Å². The molecule has 3 N–H and O–H groups in total. The highest BCUT2D eigenvalue weighted by Crippen LogP contribution is 2.21. The standard InChI is InChI=1S/C9H17N5/c1-7(10)8-2-4-14(5-3-8)9-11-6-12-13-9/h6-8H,2-5,10H2,1H3,(H,11,12,13). The molecule has 0 amide bonds. The minimum atomic E-state index is 0.312. The zero-order valence-corrected chi connectivity index (χ0v) is 8.48. The maximum atomic E-state index is 5.88. The van der Waals surface area contributed by atoms with Crippen LogP contribution in [0.4, 0.5) is 5.95 Å².